The highest BCUT2D eigenvalue weighted by molar-refractivity contribution is 7.99. The summed E-state index contributed by atoms with van der Waals surface area (Å²) in [5, 5.41) is 5.25. The van der Waals surface area contributed by atoms with Crippen molar-refractivity contribution in [2.75, 3.05) is 12.4 Å². The third kappa shape index (κ3) is 1.80. The standard InChI is InChI=1S/C13H13N3OS/c1-3-18-13-14-12-10-6-4-5-7-11(10)17-8-9(2)16(12)15-13/h4-7H,2-3,8H2,1H3. The smallest absolute Gasteiger partial charge is 0.209 e. The maximum atomic E-state index is 5.69. The van der Waals surface area contributed by atoms with Crippen LogP contribution in [0, 0.1) is 0 Å². The minimum atomic E-state index is 0.434. The Labute approximate surface area is 110 Å². The van der Waals surface area contributed by atoms with Crippen LogP contribution in [0.4, 0.5) is 0 Å². The summed E-state index contributed by atoms with van der Waals surface area (Å²) in [5.74, 6) is 2.59. The van der Waals surface area contributed by atoms with Crippen molar-refractivity contribution in [3.05, 3.63) is 30.8 Å². The fraction of sp³-hybridized carbons (Fsp3) is 0.231. The van der Waals surface area contributed by atoms with Gasteiger partial charge in [-0.15, -0.1) is 5.10 Å². The van der Waals surface area contributed by atoms with Crippen LogP contribution in [-0.4, -0.2) is 27.1 Å². The molecule has 0 spiro atoms. The van der Waals surface area contributed by atoms with Crippen LogP contribution in [0.2, 0.25) is 0 Å². The van der Waals surface area contributed by atoms with Gasteiger partial charge in [-0.1, -0.05) is 37.4 Å². The Bertz CT molecular complexity index is 606. The predicted molar refractivity (Wildman–Crippen MR) is 72.7 cm³/mol. The van der Waals surface area contributed by atoms with Crippen LogP contribution < -0.4 is 4.74 Å². The number of hydrogen-bond acceptors (Lipinski definition) is 4. The normalized spacial score (nSPS) is 13.5. The Morgan fingerprint density at radius 2 is 2.28 bits per heavy atom. The maximum absolute atomic E-state index is 5.69. The molecule has 1 aliphatic rings. The predicted octanol–water partition coefficient (Wildman–Crippen LogP) is 2.92. The quantitative estimate of drug-likeness (QED) is 0.777. The van der Waals surface area contributed by atoms with E-state index in [-0.39, 0.29) is 0 Å². The number of aromatic nitrogens is 3. The minimum absolute atomic E-state index is 0.434. The Balaban J connectivity index is 2.18. The van der Waals surface area contributed by atoms with Crippen LogP contribution >= 0.6 is 11.8 Å². The minimum Gasteiger partial charge on any atom is -0.487 e. The summed E-state index contributed by atoms with van der Waals surface area (Å²) in [7, 11) is 0. The summed E-state index contributed by atoms with van der Waals surface area (Å²) in [5.41, 5.74) is 1.77. The Morgan fingerprint density at radius 3 is 3.11 bits per heavy atom. The lowest BCUT2D eigenvalue weighted by atomic mass is 10.2. The maximum Gasteiger partial charge on any atom is 0.209 e. The van der Waals surface area contributed by atoms with Gasteiger partial charge in [0.15, 0.2) is 5.82 Å². The Morgan fingerprint density at radius 1 is 1.44 bits per heavy atom. The first-order chi connectivity index (χ1) is 8.79. The second kappa shape index (κ2) is 4.49. The molecule has 2 aromatic rings. The zero-order valence-electron chi connectivity index (χ0n) is 10.1. The van der Waals surface area contributed by atoms with E-state index < -0.39 is 0 Å². The van der Waals surface area contributed by atoms with Crippen molar-refractivity contribution in [2.45, 2.75) is 12.1 Å². The van der Waals surface area contributed by atoms with Crippen LogP contribution in [0.5, 0.6) is 5.75 Å². The number of fused-ring (bicyclic) bond motifs is 3. The third-order valence-electron chi connectivity index (χ3n) is 2.68. The largest absolute Gasteiger partial charge is 0.487 e. The van der Waals surface area contributed by atoms with Crippen molar-refractivity contribution in [3.8, 4) is 17.1 Å². The average molecular weight is 259 g/mol. The molecule has 1 aromatic carbocycles. The number of rotatable bonds is 2. The van der Waals surface area contributed by atoms with Gasteiger partial charge >= 0.3 is 0 Å². The fourth-order valence-electron chi connectivity index (χ4n) is 1.88. The highest BCUT2D eigenvalue weighted by Gasteiger charge is 2.21. The summed E-state index contributed by atoms with van der Waals surface area (Å²) in [6, 6.07) is 7.87. The molecule has 0 atom stereocenters. The summed E-state index contributed by atoms with van der Waals surface area (Å²) < 4.78 is 7.48. The van der Waals surface area contributed by atoms with Gasteiger partial charge in [-0.05, 0) is 17.9 Å². The van der Waals surface area contributed by atoms with E-state index in [2.05, 4.69) is 23.6 Å². The molecule has 18 heavy (non-hydrogen) atoms. The van der Waals surface area contributed by atoms with Crippen LogP contribution in [0.25, 0.3) is 17.1 Å². The van der Waals surface area contributed by atoms with Crippen LogP contribution in [0.1, 0.15) is 6.92 Å². The Hall–Kier alpha value is -1.75. The summed E-state index contributed by atoms with van der Waals surface area (Å²) in [6.07, 6.45) is 0. The van der Waals surface area contributed by atoms with Crippen molar-refractivity contribution in [3.63, 3.8) is 0 Å². The molecule has 0 N–H and O–H groups in total. The molecular formula is C13H13N3OS. The van der Waals surface area contributed by atoms with E-state index in [1.165, 1.54) is 0 Å². The fourth-order valence-corrected chi connectivity index (χ4v) is 2.43. The summed E-state index contributed by atoms with van der Waals surface area (Å²) in [4.78, 5) is 4.57. The first-order valence-electron chi connectivity index (χ1n) is 5.80. The number of thioether (sulfide) groups is 1. The molecule has 2 heterocycles. The van der Waals surface area contributed by atoms with E-state index >= 15 is 0 Å². The van der Waals surface area contributed by atoms with Gasteiger partial charge in [-0.25, -0.2) is 9.67 Å². The van der Waals surface area contributed by atoms with Crippen LogP contribution in [0.15, 0.2) is 36.0 Å². The van der Waals surface area contributed by atoms with Gasteiger partial charge in [0.2, 0.25) is 5.16 Å². The second-order valence-corrected chi connectivity index (χ2v) is 5.15. The van der Waals surface area contributed by atoms with Gasteiger partial charge in [-0.2, -0.15) is 0 Å². The Kier molecular flexibility index (Phi) is 2.83. The number of ether oxygens (including phenoxy) is 1. The first-order valence-corrected chi connectivity index (χ1v) is 6.78. The molecule has 5 heteroatoms. The van der Waals surface area contributed by atoms with Gasteiger partial charge in [0, 0.05) is 0 Å². The zero-order chi connectivity index (χ0) is 12.5. The van der Waals surface area contributed by atoms with Crippen molar-refractivity contribution in [1.82, 2.24) is 14.8 Å². The van der Waals surface area contributed by atoms with E-state index in [1.807, 2.05) is 24.3 Å². The van der Waals surface area contributed by atoms with Gasteiger partial charge < -0.3 is 4.74 Å². The van der Waals surface area contributed by atoms with Crippen molar-refractivity contribution in [1.29, 1.82) is 0 Å². The second-order valence-electron chi connectivity index (χ2n) is 3.91. The topological polar surface area (TPSA) is 39.9 Å². The zero-order valence-corrected chi connectivity index (χ0v) is 10.9. The van der Waals surface area contributed by atoms with E-state index in [9.17, 15) is 0 Å². The molecule has 0 fully saturated rings. The molecule has 0 saturated carbocycles. The van der Waals surface area contributed by atoms with Gasteiger partial charge in [-0.3, -0.25) is 0 Å². The lowest BCUT2D eigenvalue weighted by Gasteiger charge is -2.04. The highest BCUT2D eigenvalue weighted by Crippen LogP contribution is 2.33. The first kappa shape index (κ1) is 11.3. The van der Waals surface area contributed by atoms with Crippen molar-refractivity contribution < 1.29 is 4.74 Å². The molecule has 1 aliphatic heterocycles. The van der Waals surface area contributed by atoms with Gasteiger partial charge in [0.1, 0.15) is 12.4 Å². The molecule has 0 unspecified atom stereocenters. The van der Waals surface area contributed by atoms with Crippen LogP contribution in [-0.2, 0) is 0 Å². The highest BCUT2D eigenvalue weighted by atomic mass is 32.2. The number of hydrogen-bond donors (Lipinski definition) is 0. The SMILES string of the molecule is C=C1COc2ccccc2-c2nc(SCC)nn21. The third-order valence-corrected chi connectivity index (χ3v) is 3.40. The van der Waals surface area contributed by atoms with E-state index in [0.29, 0.717) is 6.61 Å². The van der Waals surface area contributed by atoms with Gasteiger partial charge in [0.05, 0.1) is 11.3 Å². The van der Waals surface area contributed by atoms with Crippen molar-refractivity contribution in [2.24, 2.45) is 0 Å². The van der Waals surface area contributed by atoms with Crippen molar-refractivity contribution >= 4 is 17.5 Å². The molecule has 1 aromatic heterocycles. The lowest BCUT2D eigenvalue weighted by molar-refractivity contribution is 0.368. The molecule has 0 radical (unpaired) electrons. The molecule has 92 valence electrons. The number of nitrogens with zero attached hydrogens (tertiary/aromatic N) is 3. The molecule has 0 saturated heterocycles. The van der Waals surface area contributed by atoms with E-state index in [4.69, 9.17) is 4.74 Å². The number of benzene rings is 1. The number of para-hydroxylation sites is 1. The summed E-state index contributed by atoms with van der Waals surface area (Å²) >= 11 is 1.63. The monoisotopic (exact) mass is 259 g/mol. The molecule has 3 rings (SSSR count). The van der Waals surface area contributed by atoms with Crippen LogP contribution in [0.3, 0.4) is 0 Å². The molecular weight excluding hydrogens is 246 g/mol. The van der Waals surface area contributed by atoms with Gasteiger partial charge in [0.25, 0.3) is 0 Å². The summed E-state index contributed by atoms with van der Waals surface area (Å²) in [6.45, 7) is 6.52. The van der Waals surface area contributed by atoms with E-state index in [1.54, 1.807) is 16.4 Å². The molecule has 0 amide bonds. The lowest BCUT2D eigenvalue weighted by Crippen LogP contribution is -2.05. The molecule has 0 bridgehead atoms. The molecule has 0 aliphatic carbocycles. The van der Waals surface area contributed by atoms with E-state index in [0.717, 1.165) is 33.7 Å². The molecule has 4 nitrogen and oxygen atoms in total. The average Bonchev–Trinajstić information content (AvgIpc) is 2.75.